The molecule has 0 aliphatic carbocycles. The Morgan fingerprint density at radius 1 is 0.976 bits per heavy atom. The van der Waals surface area contributed by atoms with Crippen LogP contribution < -0.4 is 24.8 Å². The number of carbonyl (C=O) groups is 1. The standard InChI is InChI=1S/C28H29F3N6O3S/c1-19-16-24(39-2)10-11-25(19)41-35-15-14-33-27(38)32-13-12-20-4-3-5-21(17-20)26-34-18-37(36-26)22-6-8-23(9-7-22)40-28(29,30)31/h3-11,16-18,35H,12-15H2,1-2H3,(H2,32,33,38). The summed E-state index contributed by atoms with van der Waals surface area (Å²) in [6.07, 6.45) is -2.66. The van der Waals surface area contributed by atoms with E-state index in [4.69, 9.17) is 4.74 Å². The maximum atomic E-state index is 12.4. The number of nitrogens with zero attached hydrogens (tertiary/aromatic N) is 3. The minimum Gasteiger partial charge on any atom is -0.497 e. The van der Waals surface area contributed by atoms with Gasteiger partial charge in [-0.1, -0.05) is 18.2 Å². The van der Waals surface area contributed by atoms with Crippen molar-refractivity contribution in [3.63, 3.8) is 0 Å². The van der Waals surface area contributed by atoms with Gasteiger partial charge in [0.15, 0.2) is 5.82 Å². The molecule has 9 nitrogen and oxygen atoms in total. The summed E-state index contributed by atoms with van der Waals surface area (Å²) < 4.78 is 51.0. The summed E-state index contributed by atoms with van der Waals surface area (Å²) in [5, 5.41) is 10.1. The van der Waals surface area contributed by atoms with Crippen LogP contribution in [-0.4, -0.2) is 53.9 Å². The predicted octanol–water partition coefficient (Wildman–Crippen LogP) is 5.29. The number of hydrogen-bond acceptors (Lipinski definition) is 7. The van der Waals surface area contributed by atoms with Crippen LogP contribution in [0.2, 0.25) is 0 Å². The summed E-state index contributed by atoms with van der Waals surface area (Å²) in [5.74, 6) is 0.963. The summed E-state index contributed by atoms with van der Waals surface area (Å²) >= 11 is 1.50. The molecule has 3 aromatic carbocycles. The van der Waals surface area contributed by atoms with Crippen LogP contribution in [0.4, 0.5) is 18.0 Å². The number of methoxy groups -OCH3 is 1. The molecule has 1 heterocycles. The van der Waals surface area contributed by atoms with Crippen molar-refractivity contribution in [1.29, 1.82) is 0 Å². The number of aromatic nitrogens is 3. The maximum absolute atomic E-state index is 12.4. The Bertz CT molecular complexity index is 1450. The first-order valence-electron chi connectivity index (χ1n) is 12.6. The highest BCUT2D eigenvalue weighted by molar-refractivity contribution is 7.97. The van der Waals surface area contributed by atoms with Crippen molar-refractivity contribution < 1.29 is 27.4 Å². The predicted molar refractivity (Wildman–Crippen MR) is 150 cm³/mol. The second-order valence-electron chi connectivity index (χ2n) is 8.82. The van der Waals surface area contributed by atoms with Gasteiger partial charge in [0.25, 0.3) is 0 Å². The van der Waals surface area contributed by atoms with E-state index in [9.17, 15) is 18.0 Å². The molecule has 0 spiro atoms. The SMILES string of the molecule is COc1ccc(SNCCNC(=O)NCCc2cccc(-c3ncn(-c4ccc(OC(F)(F)F)cc4)n3)c2)c(C)c1. The quantitative estimate of drug-likeness (QED) is 0.153. The fourth-order valence-electron chi connectivity index (χ4n) is 3.79. The van der Waals surface area contributed by atoms with Crippen molar-refractivity contribution in [2.75, 3.05) is 26.7 Å². The van der Waals surface area contributed by atoms with Gasteiger partial charge in [-0.3, -0.25) is 4.72 Å². The number of alkyl halides is 3. The van der Waals surface area contributed by atoms with Crippen LogP contribution in [0.3, 0.4) is 0 Å². The highest BCUT2D eigenvalue weighted by Crippen LogP contribution is 2.25. The van der Waals surface area contributed by atoms with Gasteiger partial charge in [0.05, 0.1) is 12.8 Å². The average Bonchev–Trinajstić information content (AvgIpc) is 3.44. The molecule has 0 saturated heterocycles. The number of rotatable bonds is 12. The Morgan fingerprint density at radius 2 is 1.73 bits per heavy atom. The first kappa shape index (κ1) is 29.7. The number of ether oxygens (including phenoxy) is 2. The van der Waals surface area contributed by atoms with Crippen LogP contribution in [0.15, 0.2) is 78.0 Å². The fraction of sp³-hybridized carbons (Fsp3) is 0.250. The summed E-state index contributed by atoms with van der Waals surface area (Å²) in [4.78, 5) is 17.6. The zero-order valence-electron chi connectivity index (χ0n) is 22.4. The van der Waals surface area contributed by atoms with Gasteiger partial charge in [-0.25, -0.2) is 14.5 Å². The number of hydrogen-bond donors (Lipinski definition) is 3. The van der Waals surface area contributed by atoms with E-state index in [0.29, 0.717) is 37.6 Å². The van der Waals surface area contributed by atoms with E-state index in [2.05, 4.69) is 30.2 Å². The van der Waals surface area contributed by atoms with Crippen molar-refractivity contribution in [1.82, 2.24) is 30.1 Å². The van der Waals surface area contributed by atoms with Gasteiger partial charge in [0, 0.05) is 30.1 Å². The highest BCUT2D eigenvalue weighted by Gasteiger charge is 2.31. The van der Waals surface area contributed by atoms with Crippen molar-refractivity contribution >= 4 is 18.0 Å². The molecule has 216 valence electrons. The van der Waals surface area contributed by atoms with Crippen LogP contribution in [0.1, 0.15) is 11.1 Å². The third-order valence-corrected chi connectivity index (χ3v) is 6.81. The van der Waals surface area contributed by atoms with Crippen LogP contribution in [0, 0.1) is 6.92 Å². The monoisotopic (exact) mass is 586 g/mol. The molecule has 0 bridgehead atoms. The minimum absolute atomic E-state index is 0.249. The van der Waals surface area contributed by atoms with Gasteiger partial charge in [-0.2, -0.15) is 0 Å². The molecule has 0 fully saturated rings. The summed E-state index contributed by atoms with van der Waals surface area (Å²) in [7, 11) is 1.64. The van der Waals surface area contributed by atoms with Crippen molar-refractivity contribution in [2.24, 2.45) is 0 Å². The lowest BCUT2D eigenvalue weighted by Crippen LogP contribution is -2.39. The zero-order valence-corrected chi connectivity index (χ0v) is 23.2. The molecule has 0 radical (unpaired) electrons. The lowest BCUT2D eigenvalue weighted by atomic mass is 10.1. The van der Waals surface area contributed by atoms with Gasteiger partial charge in [0.1, 0.15) is 17.8 Å². The Balaban J connectivity index is 1.19. The summed E-state index contributed by atoms with van der Waals surface area (Å²) in [5.41, 5.74) is 3.40. The van der Waals surface area contributed by atoms with Crippen LogP contribution >= 0.6 is 11.9 Å². The smallest absolute Gasteiger partial charge is 0.497 e. The van der Waals surface area contributed by atoms with Crippen molar-refractivity contribution in [3.05, 3.63) is 84.2 Å². The van der Waals surface area contributed by atoms with Crippen molar-refractivity contribution in [2.45, 2.75) is 24.6 Å². The Hall–Kier alpha value is -4.23. The molecule has 2 amide bonds. The molecule has 4 aromatic rings. The Morgan fingerprint density at radius 3 is 2.46 bits per heavy atom. The number of amides is 2. The molecule has 0 saturated carbocycles. The third-order valence-electron chi connectivity index (χ3n) is 5.79. The normalized spacial score (nSPS) is 11.2. The molecule has 41 heavy (non-hydrogen) atoms. The zero-order chi connectivity index (χ0) is 29.2. The highest BCUT2D eigenvalue weighted by atomic mass is 32.2. The maximum Gasteiger partial charge on any atom is 0.573 e. The third kappa shape index (κ3) is 9.15. The number of carbonyl (C=O) groups excluding carboxylic acids is 1. The number of aryl methyl sites for hydroxylation is 1. The molecule has 1 aromatic heterocycles. The summed E-state index contributed by atoms with van der Waals surface area (Å²) in [6.45, 7) is 3.52. The molecule has 0 atom stereocenters. The van der Waals surface area contributed by atoms with E-state index in [0.717, 1.165) is 27.3 Å². The Kier molecular flexibility index (Phi) is 10.1. The van der Waals surface area contributed by atoms with Crippen LogP contribution in [0.25, 0.3) is 17.1 Å². The largest absolute Gasteiger partial charge is 0.573 e. The lowest BCUT2D eigenvalue weighted by molar-refractivity contribution is -0.274. The molecule has 3 N–H and O–H groups in total. The van der Waals surface area contributed by atoms with E-state index < -0.39 is 6.36 Å². The van der Waals surface area contributed by atoms with E-state index >= 15 is 0 Å². The second-order valence-corrected chi connectivity index (χ2v) is 9.75. The number of nitrogens with one attached hydrogen (secondary N) is 3. The van der Waals surface area contributed by atoms with Gasteiger partial charge >= 0.3 is 12.4 Å². The minimum atomic E-state index is -4.75. The van der Waals surface area contributed by atoms with E-state index in [1.165, 1.54) is 47.2 Å². The van der Waals surface area contributed by atoms with E-state index in [1.807, 2.05) is 49.4 Å². The number of halogens is 3. The molecule has 0 unspecified atom stereocenters. The lowest BCUT2D eigenvalue weighted by Gasteiger charge is -2.10. The fourth-order valence-corrected chi connectivity index (χ4v) is 4.50. The van der Waals surface area contributed by atoms with Gasteiger partial charge < -0.3 is 20.1 Å². The number of benzene rings is 3. The van der Waals surface area contributed by atoms with E-state index in [-0.39, 0.29) is 11.8 Å². The molecular formula is C28H29F3N6O3S. The van der Waals surface area contributed by atoms with E-state index in [1.54, 1.807) is 7.11 Å². The van der Waals surface area contributed by atoms with Gasteiger partial charge in [-0.05, 0) is 85.0 Å². The first-order chi connectivity index (χ1) is 19.7. The molecular weight excluding hydrogens is 557 g/mol. The Labute approximate surface area is 239 Å². The number of urea groups is 1. The van der Waals surface area contributed by atoms with Crippen LogP contribution in [-0.2, 0) is 6.42 Å². The average molecular weight is 587 g/mol. The second kappa shape index (κ2) is 13.9. The van der Waals surface area contributed by atoms with Gasteiger partial charge in [-0.15, -0.1) is 18.3 Å². The molecule has 4 rings (SSSR count). The summed E-state index contributed by atoms with van der Waals surface area (Å²) in [6, 6.07) is 18.6. The molecule has 0 aliphatic rings. The first-order valence-corrected chi connectivity index (χ1v) is 13.4. The van der Waals surface area contributed by atoms with Crippen molar-refractivity contribution in [3.8, 4) is 28.6 Å². The molecule has 13 heteroatoms. The topological polar surface area (TPSA) is 102 Å². The van der Waals surface area contributed by atoms with Crippen LogP contribution in [0.5, 0.6) is 11.5 Å². The molecule has 0 aliphatic heterocycles. The van der Waals surface area contributed by atoms with Gasteiger partial charge in [0.2, 0.25) is 0 Å².